The maximum Gasteiger partial charge on any atom is 0.0504 e. The Bertz CT molecular complexity index is 225. The van der Waals surface area contributed by atoms with E-state index in [2.05, 4.69) is 36.0 Å². The minimum absolute atomic E-state index is 0.790. The van der Waals surface area contributed by atoms with Gasteiger partial charge in [0.2, 0.25) is 0 Å². The summed E-state index contributed by atoms with van der Waals surface area (Å²) in [5.74, 6) is 0.886. The molecule has 2 heteroatoms. The first-order valence-electron chi connectivity index (χ1n) is 6.31. The summed E-state index contributed by atoms with van der Waals surface area (Å²) >= 11 is 0. The zero-order valence-corrected chi connectivity index (χ0v) is 10.2. The van der Waals surface area contributed by atoms with E-state index in [1.165, 1.54) is 38.6 Å². The van der Waals surface area contributed by atoms with Crippen molar-refractivity contribution in [1.29, 1.82) is 0 Å². The van der Waals surface area contributed by atoms with E-state index in [1.807, 2.05) is 0 Å². The van der Waals surface area contributed by atoms with E-state index >= 15 is 0 Å². The summed E-state index contributed by atoms with van der Waals surface area (Å²) in [6.45, 7) is 2.40. The van der Waals surface area contributed by atoms with E-state index in [0.29, 0.717) is 0 Å². The second kappa shape index (κ2) is 5.13. The van der Waals surface area contributed by atoms with Crippen LogP contribution in [0.3, 0.4) is 0 Å². The van der Waals surface area contributed by atoms with Crippen LogP contribution in [-0.2, 0) is 0 Å². The molecular weight excluding hydrogens is 184 g/mol. The van der Waals surface area contributed by atoms with Crippen LogP contribution in [0.15, 0.2) is 12.2 Å². The number of hydrogen-bond donors (Lipinski definition) is 0. The second-order valence-corrected chi connectivity index (χ2v) is 5.26. The number of hydrogen-bond acceptors (Lipinski definition) is 2. The van der Waals surface area contributed by atoms with Gasteiger partial charge in [0.05, 0.1) is 6.67 Å². The maximum atomic E-state index is 2.53. The molecule has 0 aromatic heterocycles. The molecule has 0 N–H and O–H groups in total. The average molecular weight is 208 g/mol. The zero-order valence-electron chi connectivity index (χ0n) is 10.2. The standard InChI is InChI=1S/C13H24N2/c1-14-10-13(15(2)11-14)12-8-6-4-3-5-7-9-12/h4,6,12-13H,3,5,7-11H2,1-2H3/b6-4-. The molecule has 0 bridgehead atoms. The fraction of sp³-hybridized carbons (Fsp3) is 0.846. The quantitative estimate of drug-likeness (QED) is 0.610. The van der Waals surface area contributed by atoms with Crippen molar-refractivity contribution in [3.8, 4) is 0 Å². The lowest BCUT2D eigenvalue weighted by atomic mass is 9.88. The van der Waals surface area contributed by atoms with Gasteiger partial charge < -0.3 is 0 Å². The SMILES string of the molecule is CN1CC(C2C/C=C\CCCC2)N(C)C1. The Hall–Kier alpha value is -0.340. The molecule has 0 radical (unpaired) electrons. The first-order valence-corrected chi connectivity index (χ1v) is 6.31. The monoisotopic (exact) mass is 208 g/mol. The van der Waals surface area contributed by atoms with Gasteiger partial charge in [0.25, 0.3) is 0 Å². The predicted molar refractivity (Wildman–Crippen MR) is 64.8 cm³/mol. The molecular formula is C13H24N2. The van der Waals surface area contributed by atoms with Crippen LogP contribution in [-0.4, -0.2) is 43.2 Å². The molecule has 1 heterocycles. The Labute approximate surface area is 93.9 Å². The zero-order chi connectivity index (χ0) is 10.7. The van der Waals surface area contributed by atoms with Crippen LogP contribution in [0.4, 0.5) is 0 Å². The third kappa shape index (κ3) is 2.82. The summed E-state index contributed by atoms with van der Waals surface area (Å²) < 4.78 is 0. The molecule has 86 valence electrons. The van der Waals surface area contributed by atoms with Crippen molar-refractivity contribution < 1.29 is 0 Å². The first kappa shape index (κ1) is 11.2. The van der Waals surface area contributed by atoms with Crippen LogP contribution < -0.4 is 0 Å². The van der Waals surface area contributed by atoms with Crippen molar-refractivity contribution in [1.82, 2.24) is 9.80 Å². The van der Waals surface area contributed by atoms with Crippen molar-refractivity contribution in [2.24, 2.45) is 5.92 Å². The smallest absolute Gasteiger partial charge is 0.0504 e. The Kier molecular flexibility index (Phi) is 3.81. The van der Waals surface area contributed by atoms with E-state index in [4.69, 9.17) is 0 Å². The predicted octanol–water partition coefficient (Wildman–Crippen LogP) is 2.33. The summed E-state index contributed by atoms with van der Waals surface area (Å²) in [5, 5.41) is 0. The Morgan fingerprint density at radius 2 is 2.00 bits per heavy atom. The van der Waals surface area contributed by atoms with Gasteiger partial charge in [-0.3, -0.25) is 9.80 Å². The molecule has 1 saturated heterocycles. The lowest BCUT2D eigenvalue weighted by molar-refractivity contribution is 0.218. The first-order chi connectivity index (χ1) is 7.27. The van der Waals surface area contributed by atoms with Gasteiger partial charge in [0.1, 0.15) is 0 Å². The fourth-order valence-electron chi connectivity index (χ4n) is 3.04. The number of likely N-dealkylation sites (N-methyl/N-ethyl adjacent to an activating group) is 2. The van der Waals surface area contributed by atoms with E-state index in [-0.39, 0.29) is 0 Å². The van der Waals surface area contributed by atoms with Crippen LogP contribution in [0.2, 0.25) is 0 Å². The fourth-order valence-corrected chi connectivity index (χ4v) is 3.04. The highest BCUT2D eigenvalue weighted by molar-refractivity contribution is 4.93. The summed E-state index contributed by atoms with van der Waals surface area (Å²) in [6, 6.07) is 0.790. The Morgan fingerprint density at radius 1 is 1.13 bits per heavy atom. The molecule has 0 aromatic rings. The highest BCUT2D eigenvalue weighted by Gasteiger charge is 2.31. The number of allylic oxidation sites excluding steroid dienone is 2. The van der Waals surface area contributed by atoms with Gasteiger partial charge in [-0.25, -0.2) is 0 Å². The molecule has 2 aliphatic rings. The van der Waals surface area contributed by atoms with Gasteiger partial charge >= 0.3 is 0 Å². The van der Waals surface area contributed by atoms with Crippen molar-refractivity contribution in [3.63, 3.8) is 0 Å². The van der Waals surface area contributed by atoms with E-state index in [1.54, 1.807) is 0 Å². The highest BCUT2D eigenvalue weighted by Crippen LogP contribution is 2.27. The summed E-state index contributed by atoms with van der Waals surface area (Å²) in [5.41, 5.74) is 0. The molecule has 0 amide bonds. The normalized spacial score (nSPS) is 37.5. The minimum atomic E-state index is 0.790. The van der Waals surface area contributed by atoms with Crippen LogP contribution >= 0.6 is 0 Å². The van der Waals surface area contributed by atoms with Crippen molar-refractivity contribution >= 4 is 0 Å². The largest absolute Gasteiger partial charge is 0.292 e. The topological polar surface area (TPSA) is 6.48 Å². The Morgan fingerprint density at radius 3 is 2.73 bits per heavy atom. The third-order valence-corrected chi connectivity index (χ3v) is 3.87. The summed E-state index contributed by atoms with van der Waals surface area (Å²) in [6.07, 6.45) is 11.6. The average Bonchev–Trinajstić information content (AvgIpc) is 2.45. The van der Waals surface area contributed by atoms with Crippen LogP contribution in [0, 0.1) is 5.92 Å². The molecule has 1 fully saturated rings. The van der Waals surface area contributed by atoms with Crippen molar-refractivity contribution in [2.75, 3.05) is 27.3 Å². The number of rotatable bonds is 1. The van der Waals surface area contributed by atoms with Gasteiger partial charge in [-0.2, -0.15) is 0 Å². The molecule has 0 spiro atoms. The summed E-state index contributed by atoms with van der Waals surface area (Å²) in [4.78, 5) is 4.97. The molecule has 2 nitrogen and oxygen atoms in total. The third-order valence-electron chi connectivity index (χ3n) is 3.87. The molecule has 2 unspecified atom stereocenters. The van der Waals surface area contributed by atoms with Gasteiger partial charge in [0.15, 0.2) is 0 Å². The highest BCUT2D eigenvalue weighted by atomic mass is 15.4. The van der Waals surface area contributed by atoms with Crippen LogP contribution in [0.5, 0.6) is 0 Å². The van der Waals surface area contributed by atoms with Gasteiger partial charge in [-0.05, 0) is 45.7 Å². The molecule has 1 aliphatic heterocycles. The van der Waals surface area contributed by atoms with Gasteiger partial charge in [-0.15, -0.1) is 0 Å². The lowest BCUT2D eigenvalue weighted by Gasteiger charge is -2.28. The molecule has 1 aliphatic carbocycles. The second-order valence-electron chi connectivity index (χ2n) is 5.26. The van der Waals surface area contributed by atoms with E-state index in [0.717, 1.165) is 18.6 Å². The van der Waals surface area contributed by atoms with E-state index < -0.39 is 0 Å². The molecule has 0 saturated carbocycles. The molecule has 2 rings (SSSR count). The number of nitrogens with zero attached hydrogens (tertiary/aromatic N) is 2. The van der Waals surface area contributed by atoms with Crippen molar-refractivity contribution in [3.05, 3.63) is 12.2 Å². The Balaban J connectivity index is 1.95. The minimum Gasteiger partial charge on any atom is -0.292 e. The van der Waals surface area contributed by atoms with Crippen LogP contribution in [0.1, 0.15) is 32.1 Å². The summed E-state index contributed by atoms with van der Waals surface area (Å²) in [7, 11) is 4.51. The molecule has 2 atom stereocenters. The lowest BCUT2D eigenvalue weighted by Crippen LogP contribution is -2.34. The van der Waals surface area contributed by atoms with Gasteiger partial charge in [0, 0.05) is 12.6 Å². The van der Waals surface area contributed by atoms with Crippen LogP contribution in [0.25, 0.3) is 0 Å². The van der Waals surface area contributed by atoms with Crippen molar-refractivity contribution in [2.45, 2.75) is 38.1 Å². The maximum absolute atomic E-state index is 2.53. The molecule has 0 aromatic carbocycles. The molecule has 15 heavy (non-hydrogen) atoms. The van der Waals surface area contributed by atoms with E-state index in [9.17, 15) is 0 Å². The van der Waals surface area contributed by atoms with Gasteiger partial charge in [-0.1, -0.05) is 18.6 Å².